The fraction of sp³-hybridized carbons (Fsp3) is 0.611. The van der Waals surface area contributed by atoms with E-state index in [1.807, 2.05) is 32.0 Å². The van der Waals surface area contributed by atoms with E-state index in [1.165, 1.54) is 0 Å². The van der Waals surface area contributed by atoms with Gasteiger partial charge in [0.05, 0.1) is 19.1 Å². The minimum absolute atomic E-state index is 0. The molecule has 1 aliphatic rings. The Labute approximate surface area is 150 Å². The summed E-state index contributed by atoms with van der Waals surface area (Å²) in [5.74, 6) is 1.59. The number of amides is 1. The van der Waals surface area contributed by atoms with Crippen LogP contribution in [0.25, 0.3) is 0 Å². The van der Waals surface area contributed by atoms with E-state index >= 15 is 0 Å². The van der Waals surface area contributed by atoms with Gasteiger partial charge in [-0.1, -0.05) is 12.5 Å². The Kier molecular flexibility index (Phi) is 8.93. The largest absolute Gasteiger partial charge is 0.490 e. The number of hydrogen-bond acceptors (Lipinski definition) is 4. The summed E-state index contributed by atoms with van der Waals surface area (Å²) in [5.41, 5.74) is 7.09. The summed E-state index contributed by atoms with van der Waals surface area (Å²) in [7, 11) is 0. The number of ether oxygens (including phenoxy) is 2. The molecule has 1 aromatic carbocycles. The topological polar surface area (TPSA) is 73.6 Å². The van der Waals surface area contributed by atoms with Gasteiger partial charge < -0.3 is 20.5 Å². The van der Waals surface area contributed by atoms with E-state index in [0.717, 1.165) is 42.7 Å². The zero-order valence-corrected chi connectivity index (χ0v) is 15.4. The fourth-order valence-corrected chi connectivity index (χ4v) is 3.03. The van der Waals surface area contributed by atoms with E-state index in [4.69, 9.17) is 15.2 Å². The van der Waals surface area contributed by atoms with Crippen LogP contribution in [0.4, 0.5) is 0 Å². The van der Waals surface area contributed by atoms with Crippen LogP contribution in [0.2, 0.25) is 0 Å². The van der Waals surface area contributed by atoms with Gasteiger partial charge in [-0.2, -0.15) is 0 Å². The van der Waals surface area contributed by atoms with Crippen LogP contribution in [-0.4, -0.2) is 31.7 Å². The molecule has 2 unspecified atom stereocenters. The van der Waals surface area contributed by atoms with Gasteiger partial charge in [0.1, 0.15) is 0 Å². The third kappa shape index (κ3) is 5.56. The number of benzene rings is 1. The van der Waals surface area contributed by atoms with Crippen LogP contribution in [0.15, 0.2) is 18.2 Å². The standard InChI is InChI=1S/C18H28N2O3.ClH/c1-3-22-16-9-8-13(12-17(16)23-4-2)10-11-20-18(21)14-6-5-7-15(14)19;/h8-9,12,14-15H,3-7,10-11,19H2,1-2H3,(H,20,21);1H. The molecule has 5 nitrogen and oxygen atoms in total. The lowest BCUT2D eigenvalue weighted by Gasteiger charge is -2.15. The summed E-state index contributed by atoms with van der Waals surface area (Å²) < 4.78 is 11.2. The first kappa shape index (κ1) is 20.6. The first-order chi connectivity index (χ1) is 11.2. The van der Waals surface area contributed by atoms with E-state index in [2.05, 4.69) is 5.32 Å². The molecule has 1 aliphatic carbocycles. The SMILES string of the molecule is CCOc1ccc(CCNC(=O)C2CCCC2N)cc1OCC.Cl. The number of hydrogen-bond donors (Lipinski definition) is 2. The van der Waals surface area contributed by atoms with Crippen molar-refractivity contribution in [2.45, 2.75) is 45.6 Å². The molecule has 0 bridgehead atoms. The smallest absolute Gasteiger partial charge is 0.224 e. The van der Waals surface area contributed by atoms with E-state index in [-0.39, 0.29) is 30.3 Å². The second-order valence-electron chi connectivity index (χ2n) is 5.89. The molecule has 1 aromatic rings. The number of nitrogens with two attached hydrogens (primary N) is 1. The van der Waals surface area contributed by atoms with Gasteiger partial charge >= 0.3 is 0 Å². The van der Waals surface area contributed by atoms with Crippen LogP contribution in [0.1, 0.15) is 38.7 Å². The molecule has 1 saturated carbocycles. The average molecular weight is 357 g/mol. The third-order valence-electron chi connectivity index (χ3n) is 4.23. The number of halogens is 1. The summed E-state index contributed by atoms with van der Waals surface area (Å²) in [6.07, 6.45) is 3.68. The summed E-state index contributed by atoms with van der Waals surface area (Å²) >= 11 is 0. The number of carbonyl (C=O) groups excluding carboxylic acids is 1. The Bertz CT molecular complexity index is 525. The molecule has 2 atom stereocenters. The monoisotopic (exact) mass is 356 g/mol. The second kappa shape index (κ2) is 10.4. The lowest BCUT2D eigenvalue weighted by atomic mass is 10.0. The van der Waals surface area contributed by atoms with Gasteiger partial charge in [0.15, 0.2) is 11.5 Å². The van der Waals surface area contributed by atoms with Gasteiger partial charge in [-0.15, -0.1) is 12.4 Å². The Morgan fingerprint density at radius 2 is 1.92 bits per heavy atom. The maximum Gasteiger partial charge on any atom is 0.224 e. The average Bonchev–Trinajstić information content (AvgIpc) is 2.96. The zero-order valence-electron chi connectivity index (χ0n) is 14.5. The third-order valence-corrected chi connectivity index (χ3v) is 4.23. The van der Waals surface area contributed by atoms with Crippen molar-refractivity contribution >= 4 is 18.3 Å². The molecule has 0 saturated heterocycles. The highest BCUT2D eigenvalue weighted by atomic mass is 35.5. The van der Waals surface area contributed by atoms with Crippen molar-refractivity contribution in [3.05, 3.63) is 23.8 Å². The molecule has 0 aromatic heterocycles. The second-order valence-corrected chi connectivity index (χ2v) is 5.89. The molecule has 0 aliphatic heterocycles. The predicted octanol–water partition coefficient (Wildman–Crippen LogP) is 2.69. The lowest BCUT2D eigenvalue weighted by Crippen LogP contribution is -2.39. The molecule has 136 valence electrons. The zero-order chi connectivity index (χ0) is 16.7. The minimum Gasteiger partial charge on any atom is -0.490 e. The van der Waals surface area contributed by atoms with Crippen molar-refractivity contribution in [3.8, 4) is 11.5 Å². The highest BCUT2D eigenvalue weighted by Crippen LogP contribution is 2.28. The predicted molar refractivity (Wildman–Crippen MR) is 98.1 cm³/mol. The van der Waals surface area contributed by atoms with E-state index in [1.54, 1.807) is 0 Å². The molecule has 2 rings (SSSR count). The van der Waals surface area contributed by atoms with Gasteiger partial charge in [0.25, 0.3) is 0 Å². The summed E-state index contributed by atoms with van der Waals surface area (Å²) in [6, 6.07) is 5.95. The van der Waals surface area contributed by atoms with Crippen LogP contribution in [-0.2, 0) is 11.2 Å². The molecule has 24 heavy (non-hydrogen) atoms. The van der Waals surface area contributed by atoms with Gasteiger partial charge in [-0.25, -0.2) is 0 Å². The van der Waals surface area contributed by atoms with Crippen LogP contribution >= 0.6 is 12.4 Å². The first-order valence-corrected chi connectivity index (χ1v) is 8.57. The van der Waals surface area contributed by atoms with Crippen LogP contribution in [0.5, 0.6) is 11.5 Å². The quantitative estimate of drug-likeness (QED) is 0.751. The minimum atomic E-state index is -0.0192. The van der Waals surface area contributed by atoms with Gasteiger partial charge in [0.2, 0.25) is 5.91 Å². The molecular formula is C18H29ClN2O3. The number of rotatable bonds is 8. The highest BCUT2D eigenvalue weighted by Gasteiger charge is 2.29. The van der Waals surface area contributed by atoms with Crippen LogP contribution in [0.3, 0.4) is 0 Å². The van der Waals surface area contributed by atoms with E-state index in [9.17, 15) is 4.79 Å². The van der Waals surface area contributed by atoms with Crippen LogP contribution < -0.4 is 20.5 Å². The molecule has 1 amide bonds. The molecule has 3 N–H and O–H groups in total. The molecule has 6 heteroatoms. The maximum absolute atomic E-state index is 12.1. The van der Waals surface area contributed by atoms with E-state index < -0.39 is 0 Å². The Hall–Kier alpha value is -1.46. The van der Waals surface area contributed by atoms with Crippen molar-refractivity contribution in [1.82, 2.24) is 5.32 Å². The normalized spacial score (nSPS) is 19.5. The summed E-state index contributed by atoms with van der Waals surface area (Å²) in [6.45, 7) is 5.72. The van der Waals surface area contributed by atoms with Gasteiger partial charge in [0, 0.05) is 12.6 Å². The lowest BCUT2D eigenvalue weighted by molar-refractivity contribution is -0.125. The highest BCUT2D eigenvalue weighted by molar-refractivity contribution is 5.85. The molecular weight excluding hydrogens is 328 g/mol. The Balaban J connectivity index is 0.00000288. The van der Waals surface area contributed by atoms with Gasteiger partial charge in [-0.3, -0.25) is 4.79 Å². The van der Waals surface area contributed by atoms with Gasteiger partial charge in [-0.05, 0) is 50.8 Å². The summed E-state index contributed by atoms with van der Waals surface area (Å²) in [4.78, 5) is 12.1. The first-order valence-electron chi connectivity index (χ1n) is 8.57. The van der Waals surface area contributed by atoms with Crippen LogP contribution in [0, 0.1) is 5.92 Å². The van der Waals surface area contributed by atoms with Crippen molar-refractivity contribution in [3.63, 3.8) is 0 Å². The Morgan fingerprint density at radius 3 is 2.54 bits per heavy atom. The maximum atomic E-state index is 12.1. The molecule has 0 spiro atoms. The van der Waals surface area contributed by atoms with Crippen molar-refractivity contribution < 1.29 is 14.3 Å². The molecule has 0 radical (unpaired) electrons. The number of carbonyl (C=O) groups is 1. The van der Waals surface area contributed by atoms with Crippen molar-refractivity contribution in [2.24, 2.45) is 11.7 Å². The van der Waals surface area contributed by atoms with Crippen molar-refractivity contribution in [2.75, 3.05) is 19.8 Å². The Morgan fingerprint density at radius 1 is 1.21 bits per heavy atom. The van der Waals surface area contributed by atoms with E-state index in [0.29, 0.717) is 19.8 Å². The molecule has 1 fully saturated rings. The fourth-order valence-electron chi connectivity index (χ4n) is 3.03. The van der Waals surface area contributed by atoms with Crippen molar-refractivity contribution in [1.29, 1.82) is 0 Å². The summed E-state index contributed by atoms with van der Waals surface area (Å²) in [5, 5.41) is 3.00. The molecule has 0 heterocycles. The number of nitrogens with one attached hydrogen (secondary N) is 1.